The summed E-state index contributed by atoms with van der Waals surface area (Å²) in [4.78, 5) is 30.7. The van der Waals surface area contributed by atoms with Gasteiger partial charge in [-0.15, -0.1) is 0 Å². The van der Waals surface area contributed by atoms with E-state index in [0.29, 0.717) is 5.52 Å². The molecule has 1 aliphatic rings. The zero-order valence-electron chi connectivity index (χ0n) is 11.6. The van der Waals surface area contributed by atoms with Gasteiger partial charge in [-0.1, -0.05) is 15.9 Å². The van der Waals surface area contributed by atoms with E-state index in [1.165, 1.54) is 5.56 Å². The van der Waals surface area contributed by atoms with Gasteiger partial charge < -0.3 is 9.97 Å². The van der Waals surface area contributed by atoms with Gasteiger partial charge in [0.2, 0.25) is 0 Å². The summed E-state index contributed by atoms with van der Waals surface area (Å²) in [6.07, 6.45) is 0. The van der Waals surface area contributed by atoms with Crippen LogP contribution in [0.2, 0.25) is 0 Å². The Hall–Kier alpha value is -1.40. The van der Waals surface area contributed by atoms with Crippen molar-refractivity contribution in [3.63, 3.8) is 0 Å². The van der Waals surface area contributed by atoms with Gasteiger partial charge in [-0.05, 0) is 38.0 Å². The Morgan fingerprint density at radius 1 is 1.10 bits per heavy atom. The van der Waals surface area contributed by atoms with Gasteiger partial charge in [0.15, 0.2) is 0 Å². The Balaban J connectivity index is 2.27. The highest BCUT2D eigenvalue weighted by atomic mass is 79.9. The molecule has 2 aromatic rings. The minimum atomic E-state index is -0.616. The van der Waals surface area contributed by atoms with Crippen molar-refractivity contribution in [3.8, 4) is 0 Å². The molecule has 5 nitrogen and oxygen atoms in total. The molecule has 0 atom stereocenters. The molecule has 0 aliphatic carbocycles. The van der Waals surface area contributed by atoms with Gasteiger partial charge >= 0.3 is 11.1 Å². The second kappa shape index (κ2) is 4.30. The van der Waals surface area contributed by atoms with Crippen molar-refractivity contribution in [3.05, 3.63) is 42.4 Å². The quantitative estimate of drug-likeness (QED) is 0.723. The molecule has 0 radical (unpaired) electrons. The van der Waals surface area contributed by atoms with Gasteiger partial charge in [-0.25, -0.2) is 0 Å². The van der Waals surface area contributed by atoms with Crippen molar-refractivity contribution in [2.24, 2.45) is 0 Å². The normalized spacial score (nSPS) is 15.8. The lowest BCUT2D eigenvalue weighted by molar-refractivity contribution is 0.136. The zero-order chi connectivity index (χ0) is 14.7. The van der Waals surface area contributed by atoms with Crippen LogP contribution in [-0.2, 0) is 13.1 Å². The van der Waals surface area contributed by atoms with Crippen LogP contribution in [0.5, 0.6) is 0 Å². The minimum Gasteiger partial charge on any atom is -0.316 e. The number of nitrogens with zero attached hydrogens (tertiary/aromatic N) is 1. The van der Waals surface area contributed by atoms with E-state index in [1.54, 1.807) is 0 Å². The number of halogens is 1. The molecular formula is C14H16BrN3O2. The summed E-state index contributed by atoms with van der Waals surface area (Å²) in [5.41, 5.74) is 2.49. The Morgan fingerprint density at radius 3 is 2.35 bits per heavy atom. The van der Waals surface area contributed by atoms with Crippen molar-refractivity contribution in [1.82, 2.24) is 14.9 Å². The molecule has 2 heterocycles. The van der Waals surface area contributed by atoms with Crippen molar-refractivity contribution >= 4 is 27.0 Å². The van der Waals surface area contributed by atoms with Crippen molar-refractivity contribution in [2.75, 3.05) is 0 Å². The smallest absolute Gasteiger partial charge is 0.314 e. The monoisotopic (exact) mass is 337 g/mol. The van der Waals surface area contributed by atoms with Gasteiger partial charge in [0.1, 0.15) is 0 Å². The fraction of sp³-hybridized carbons (Fsp3) is 0.429. The summed E-state index contributed by atoms with van der Waals surface area (Å²) >= 11 is 3.57. The molecule has 1 aromatic heterocycles. The van der Waals surface area contributed by atoms with E-state index in [4.69, 9.17) is 0 Å². The number of aromatic amines is 2. The number of fused-ring (bicyclic) bond motifs is 3. The Bertz CT molecular complexity index is 814. The van der Waals surface area contributed by atoms with Crippen LogP contribution in [0.25, 0.3) is 11.0 Å². The molecule has 0 fully saturated rings. The molecule has 0 saturated carbocycles. The van der Waals surface area contributed by atoms with E-state index in [0.717, 1.165) is 28.6 Å². The molecule has 0 amide bonds. The van der Waals surface area contributed by atoms with Crippen LogP contribution < -0.4 is 11.1 Å². The average Bonchev–Trinajstić information content (AvgIpc) is 2.77. The summed E-state index contributed by atoms with van der Waals surface area (Å²) in [5, 5.41) is 0. The number of hydrogen-bond donors (Lipinski definition) is 2. The summed E-state index contributed by atoms with van der Waals surface area (Å²) in [7, 11) is 0. The first-order valence-electron chi connectivity index (χ1n) is 6.49. The molecule has 106 valence electrons. The van der Waals surface area contributed by atoms with Gasteiger partial charge in [0.05, 0.1) is 11.0 Å². The van der Waals surface area contributed by atoms with Gasteiger partial charge in [0.25, 0.3) is 0 Å². The minimum absolute atomic E-state index is 0.0489. The van der Waals surface area contributed by atoms with E-state index in [9.17, 15) is 9.59 Å². The van der Waals surface area contributed by atoms with Crippen LogP contribution in [0.15, 0.2) is 20.1 Å². The van der Waals surface area contributed by atoms with Crippen LogP contribution in [0.3, 0.4) is 0 Å². The van der Waals surface area contributed by atoms with Gasteiger partial charge in [-0.3, -0.25) is 14.5 Å². The molecule has 2 N–H and O–H groups in total. The maximum absolute atomic E-state index is 11.6. The molecule has 3 rings (SSSR count). The van der Waals surface area contributed by atoms with E-state index in [-0.39, 0.29) is 5.54 Å². The fourth-order valence-electron chi connectivity index (χ4n) is 2.59. The predicted molar refractivity (Wildman–Crippen MR) is 81.9 cm³/mol. The molecule has 0 spiro atoms. The van der Waals surface area contributed by atoms with Gasteiger partial charge in [-0.2, -0.15) is 0 Å². The van der Waals surface area contributed by atoms with Crippen LogP contribution in [0.4, 0.5) is 0 Å². The van der Waals surface area contributed by atoms with Crippen molar-refractivity contribution < 1.29 is 0 Å². The predicted octanol–water partition coefficient (Wildman–Crippen LogP) is 2.09. The van der Waals surface area contributed by atoms with E-state index in [2.05, 4.69) is 51.6 Å². The zero-order valence-corrected chi connectivity index (χ0v) is 13.2. The summed E-state index contributed by atoms with van der Waals surface area (Å²) < 4.78 is 0.967. The van der Waals surface area contributed by atoms with Crippen LogP contribution in [-0.4, -0.2) is 20.4 Å². The third kappa shape index (κ3) is 2.03. The lowest BCUT2D eigenvalue weighted by Gasteiger charge is -2.31. The molecule has 1 aliphatic heterocycles. The number of hydrogen-bond acceptors (Lipinski definition) is 3. The highest BCUT2D eigenvalue weighted by Gasteiger charge is 2.31. The lowest BCUT2D eigenvalue weighted by Crippen LogP contribution is -2.37. The van der Waals surface area contributed by atoms with E-state index in [1.807, 2.05) is 6.07 Å². The Morgan fingerprint density at radius 2 is 1.70 bits per heavy atom. The largest absolute Gasteiger partial charge is 0.316 e. The summed E-state index contributed by atoms with van der Waals surface area (Å²) in [6, 6.07) is 1.86. The van der Waals surface area contributed by atoms with Crippen LogP contribution in [0.1, 0.15) is 31.9 Å². The van der Waals surface area contributed by atoms with E-state index < -0.39 is 11.1 Å². The molecule has 0 unspecified atom stereocenters. The first kappa shape index (κ1) is 13.6. The van der Waals surface area contributed by atoms with Gasteiger partial charge in [0, 0.05) is 23.1 Å². The number of benzene rings is 1. The maximum atomic E-state index is 11.6. The summed E-state index contributed by atoms with van der Waals surface area (Å²) in [5.74, 6) is 0. The highest BCUT2D eigenvalue weighted by Crippen LogP contribution is 2.36. The van der Waals surface area contributed by atoms with Crippen LogP contribution >= 0.6 is 15.9 Å². The highest BCUT2D eigenvalue weighted by molar-refractivity contribution is 9.10. The standard InChI is InChI=1S/C14H16BrN3O2/c1-14(2,3)18-5-7-8(6-18)11-10(4-9(7)15)16-12(19)13(20)17-11/h4H,5-6H2,1-3H3,(H,16,19)(H,17,20). The number of aromatic nitrogens is 2. The molecule has 6 heteroatoms. The second-order valence-corrected chi connectivity index (χ2v) is 7.03. The molecule has 1 aromatic carbocycles. The number of nitrogens with one attached hydrogen (secondary N) is 2. The summed E-state index contributed by atoms with van der Waals surface area (Å²) in [6.45, 7) is 8.09. The lowest BCUT2D eigenvalue weighted by atomic mass is 10.1. The number of H-pyrrole nitrogens is 2. The SMILES string of the molecule is CC(C)(C)N1Cc2c(Br)cc3[nH]c(=O)c(=O)[nH]c3c2C1. The topological polar surface area (TPSA) is 69.0 Å². The molecular weight excluding hydrogens is 322 g/mol. The van der Waals surface area contributed by atoms with Crippen LogP contribution in [0, 0.1) is 0 Å². The second-order valence-electron chi connectivity index (χ2n) is 6.17. The first-order chi connectivity index (χ1) is 9.27. The molecule has 0 saturated heterocycles. The van der Waals surface area contributed by atoms with Crippen molar-refractivity contribution in [2.45, 2.75) is 39.4 Å². The maximum Gasteiger partial charge on any atom is 0.314 e. The Labute approximate surface area is 124 Å². The van der Waals surface area contributed by atoms with Crippen molar-refractivity contribution in [1.29, 1.82) is 0 Å². The number of rotatable bonds is 0. The van der Waals surface area contributed by atoms with E-state index >= 15 is 0 Å². The molecule has 0 bridgehead atoms. The first-order valence-corrected chi connectivity index (χ1v) is 7.28. The third-order valence-electron chi connectivity index (χ3n) is 3.83. The fourth-order valence-corrected chi connectivity index (χ4v) is 3.19. The molecule has 20 heavy (non-hydrogen) atoms. The third-order valence-corrected chi connectivity index (χ3v) is 4.54. The Kier molecular flexibility index (Phi) is 2.92. The average molecular weight is 338 g/mol.